The maximum Gasteiger partial charge on any atom is 0.261 e. The smallest absolute Gasteiger partial charge is 0.261 e. The molecule has 11 rings (SSSR count). The highest BCUT2D eigenvalue weighted by atomic mass is 32.5. The Hall–Kier alpha value is -7.81. The van der Waals surface area contributed by atoms with Crippen molar-refractivity contribution in [3.05, 3.63) is 205 Å². The number of anilines is 2. The van der Waals surface area contributed by atoms with Crippen LogP contribution in [0, 0.1) is 22.7 Å². The lowest BCUT2D eigenvalue weighted by atomic mass is 9.76. The van der Waals surface area contributed by atoms with Crippen LogP contribution in [0.2, 0.25) is 36.3 Å². The topological polar surface area (TPSA) is 294 Å². The second-order valence-corrected chi connectivity index (χ2v) is 44.3. The van der Waals surface area contributed by atoms with Crippen molar-refractivity contribution in [3.8, 4) is 12.1 Å². The molecule has 0 aliphatic carbocycles. The second-order valence-electron chi connectivity index (χ2n) is 30.1. The van der Waals surface area contributed by atoms with Gasteiger partial charge in [0.2, 0.25) is 0 Å². The molecule has 2 amide bonds. The van der Waals surface area contributed by atoms with Crippen LogP contribution in [-0.4, -0.2) is 147 Å². The van der Waals surface area contributed by atoms with Gasteiger partial charge in [0.1, 0.15) is 37.1 Å². The summed E-state index contributed by atoms with van der Waals surface area (Å²) in [6.07, 6.45) is 0.284. The van der Waals surface area contributed by atoms with Crippen LogP contribution in [-0.2, 0) is 53.8 Å². The van der Waals surface area contributed by atoms with Crippen molar-refractivity contribution in [3.63, 3.8) is 0 Å². The van der Waals surface area contributed by atoms with E-state index in [1.165, 1.54) is 12.7 Å². The zero-order valence-electron chi connectivity index (χ0n) is 63.1. The van der Waals surface area contributed by atoms with Crippen molar-refractivity contribution >= 4 is 89.4 Å². The van der Waals surface area contributed by atoms with Gasteiger partial charge in [0, 0.05) is 23.2 Å². The van der Waals surface area contributed by atoms with E-state index in [9.17, 15) is 20.1 Å². The van der Waals surface area contributed by atoms with Gasteiger partial charge in [-0.05, 0) is 117 Å². The van der Waals surface area contributed by atoms with Crippen LogP contribution < -0.4 is 21.0 Å². The number of fused-ring (bicyclic) bond motifs is 2. The van der Waals surface area contributed by atoms with Crippen molar-refractivity contribution in [2.24, 2.45) is 0 Å². The Balaban J connectivity index is 1.07. The lowest BCUT2D eigenvalue weighted by molar-refractivity contribution is -0.0451. The van der Waals surface area contributed by atoms with Gasteiger partial charge in [0.05, 0.1) is 81.7 Å². The number of nitrogens with one attached hydrogen (secondary N) is 4. The molecule has 0 bridgehead atoms. The van der Waals surface area contributed by atoms with Crippen molar-refractivity contribution in [1.29, 1.82) is 10.5 Å². The van der Waals surface area contributed by atoms with Gasteiger partial charge in [-0.1, -0.05) is 169 Å². The Morgan fingerprint density at radius 2 is 0.972 bits per heavy atom. The molecule has 0 saturated carbocycles. The highest BCUT2D eigenvalue weighted by Crippen LogP contribution is 2.54. The molecule has 6 heterocycles. The fourth-order valence-corrected chi connectivity index (χ4v) is 19.4. The molecule has 0 spiro atoms. The molecule has 1 unspecified atom stereocenters. The van der Waals surface area contributed by atoms with E-state index in [-0.39, 0.29) is 79.0 Å². The predicted octanol–water partition coefficient (Wildman–Crippen LogP) is 15.1. The molecule has 30 heteroatoms. The van der Waals surface area contributed by atoms with E-state index < -0.39 is 92.2 Å². The lowest BCUT2D eigenvalue weighted by Crippen LogP contribution is -2.59. The maximum atomic E-state index is 13.9. The average molecular weight is 1540 g/mol. The summed E-state index contributed by atoms with van der Waals surface area (Å²) in [5.74, 6) is -0.401. The average Bonchev–Trinajstić information content (AvgIpc) is 1.71. The third-order valence-corrected chi connectivity index (χ3v) is 33.8. The summed E-state index contributed by atoms with van der Waals surface area (Å²) in [5, 5.41) is 33.4. The molecule has 0 radical (unpaired) electrons. The zero-order valence-corrected chi connectivity index (χ0v) is 67.7. The van der Waals surface area contributed by atoms with Crippen LogP contribution in [0.25, 0.3) is 22.3 Å². The second kappa shape index (κ2) is 34.4. The van der Waals surface area contributed by atoms with Gasteiger partial charge < -0.3 is 47.1 Å². The molecule has 4 aromatic heterocycles. The Labute approximate surface area is 635 Å². The van der Waals surface area contributed by atoms with Gasteiger partial charge in [-0.3, -0.25) is 24.0 Å². The Kier molecular flexibility index (Phi) is 25.8. The van der Waals surface area contributed by atoms with Gasteiger partial charge in [0.25, 0.3) is 27.0 Å². The number of aromatic nitrogens is 8. The van der Waals surface area contributed by atoms with Crippen LogP contribution in [0.3, 0.4) is 0 Å². The van der Waals surface area contributed by atoms with E-state index in [0.29, 0.717) is 33.5 Å². The molecular weight excluding hydrogens is 1450 g/mol. The minimum atomic E-state index is -4.02. The first-order valence-electron chi connectivity index (χ1n) is 36.0. The van der Waals surface area contributed by atoms with Crippen LogP contribution >= 0.6 is 15.2 Å². The quantitative estimate of drug-likeness (QED) is 0.0132. The Bertz CT molecular complexity index is 4500. The van der Waals surface area contributed by atoms with Crippen LogP contribution in [0.1, 0.15) is 132 Å². The third kappa shape index (κ3) is 18.1. The van der Waals surface area contributed by atoms with Gasteiger partial charge in [-0.15, -0.1) is 0 Å². The molecule has 2 aliphatic rings. The number of benzene rings is 5. The highest BCUT2D eigenvalue weighted by molar-refractivity contribution is 8.09. The first-order chi connectivity index (χ1) is 51.1. The summed E-state index contributed by atoms with van der Waals surface area (Å²) >= 11 is 6.94. The monoisotopic (exact) mass is 1540 g/mol. The summed E-state index contributed by atoms with van der Waals surface area (Å²) in [6, 6.07) is 51.1. The maximum absolute atomic E-state index is 13.9. The minimum Gasteiger partial charge on any atom is -0.408 e. The number of ether oxygens (including phenoxy) is 2. The van der Waals surface area contributed by atoms with Crippen molar-refractivity contribution in [2.75, 3.05) is 37.1 Å². The number of carbonyl (C=O) groups excluding carboxylic acids is 2. The summed E-state index contributed by atoms with van der Waals surface area (Å²) in [4.78, 5) is 56.2. The number of rotatable bonds is 32. The van der Waals surface area contributed by atoms with E-state index in [0.717, 1.165) is 16.7 Å². The summed E-state index contributed by atoms with van der Waals surface area (Å²) in [6.45, 7) is 25.6. The van der Waals surface area contributed by atoms with E-state index >= 15 is 0 Å². The molecule has 564 valence electrons. The van der Waals surface area contributed by atoms with Crippen molar-refractivity contribution in [2.45, 2.75) is 185 Å². The predicted molar refractivity (Wildman–Crippen MR) is 422 cm³/mol. The van der Waals surface area contributed by atoms with Crippen LogP contribution in [0.4, 0.5) is 11.6 Å². The molecule has 10 atom stereocenters. The molecule has 2 fully saturated rings. The SMILES string of the molecule is CC(C)N(C(C)C)P(OCCC#N)OC[C@H]1O[C@@H](n2cnc3c(NC(=O)c4ccccc4)ncnc32)[C@H](O[Si](C)(C)C(C)(C)C)[C@@H]1N[P@@](=S)(OCCC#N)OC[C@H]1O[C@@H](n2cnc3c(NC(=O)c4ccccc4)ncnc32)[C@H](O[Si](C)(C)C(C)(C)C)[C@@H]1NC(c1ccccc1)(c1ccccc1)c1ccccc1. The number of imidazole rings is 2. The zero-order chi connectivity index (χ0) is 76.5. The summed E-state index contributed by atoms with van der Waals surface area (Å²) in [7, 11) is -7.62. The van der Waals surface area contributed by atoms with Crippen molar-refractivity contribution in [1.82, 2.24) is 54.1 Å². The van der Waals surface area contributed by atoms with Gasteiger partial charge >= 0.3 is 0 Å². The molecular formula is C77H97N15O10P2SSi2. The first-order valence-corrected chi connectivity index (χ1v) is 45.6. The minimum absolute atomic E-state index is 0.0440. The third-order valence-electron chi connectivity index (χ3n) is 20.2. The highest BCUT2D eigenvalue weighted by Gasteiger charge is 2.57. The van der Waals surface area contributed by atoms with Gasteiger partial charge in [-0.25, -0.2) is 39.7 Å². The molecule has 107 heavy (non-hydrogen) atoms. The standard InChI is InChI=1S/C77H97N15O10P2SSi2/c1-52(2)92(53(3)4)103(95-44-30-42-78)96-46-59-62(66(102-107(13,14)76(8,9)10)74(99-59)91-51-85-64-68(81-49-83-70(64)91)87-72(94)55-34-22-16-23-35-55)89-104(105,97-45-31-43-79)98-47-60-61(88-77(56-36-24-17-25-37-56,57-38-26-18-27-39-57)58-40-28-19-29-41-58)65(101-106(11,12)75(5,6)7)73(100-60)90-50-84-63-67(80-48-82-69(63)90)86-71(93)54-32-20-15-21-33-54/h15-29,32-41,48-53,59-62,65-66,73-74,88H,30-31,44-47H2,1-14H3,(H,89,105)(H,80,82,86,93)(H,81,83,87,94)/t59-,60-,61-,62-,65-,66-,73-,74-,103?,104-/m1/s1. The van der Waals surface area contributed by atoms with Gasteiger partial charge in [-0.2, -0.15) is 10.5 Å². The lowest BCUT2D eigenvalue weighted by Gasteiger charge is -2.44. The number of hydrogen-bond donors (Lipinski definition) is 4. The summed E-state index contributed by atoms with van der Waals surface area (Å²) in [5.41, 5.74) is 3.78. The Morgan fingerprint density at radius 3 is 1.38 bits per heavy atom. The fourth-order valence-electron chi connectivity index (χ4n) is 12.8. The number of nitriles is 2. The molecule has 2 aliphatic heterocycles. The molecule has 4 N–H and O–H groups in total. The Morgan fingerprint density at radius 1 is 0.570 bits per heavy atom. The number of carbonyl (C=O) groups is 2. The van der Waals surface area contributed by atoms with Crippen LogP contribution in [0.15, 0.2) is 177 Å². The fraction of sp³-hybridized carbons (Fsp3) is 0.429. The number of hydrogen-bond acceptors (Lipinski definition) is 21. The van der Waals surface area contributed by atoms with Crippen LogP contribution in [0.5, 0.6) is 0 Å². The number of nitrogens with zero attached hydrogens (tertiary/aromatic N) is 11. The van der Waals surface area contributed by atoms with E-state index in [1.807, 2.05) is 71.3 Å². The van der Waals surface area contributed by atoms with Gasteiger partial charge in [0.15, 0.2) is 63.1 Å². The molecule has 2 saturated heterocycles. The molecule has 9 aromatic rings. The van der Waals surface area contributed by atoms with Crippen molar-refractivity contribution < 1.29 is 46.0 Å². The molecule has 5 aromatic carbocycles. The number of amides is 2. The van der Waals surface area contributed by atoms with E-state index in [4.69, 9.17) is 68.2 Å². The summed E-state index contributed by atoms with van der Waals surface area (Å²) < 4.78 is 64.4. The largest absolute Gasteiger partial charge is 0.408 e. The normalized spacial score (nSPS) is 20.3. The van der Waals surface area contributed by atoms with E-state index in [1.54, 1.807) is 65.8 Å². The van der Waals surface area contributed by atoms with E-state index in [2.05, 4.69) is 180 Å². The first kappa shape index (κ1) is 80.2. The molecule has 25 nitrogen and oxygen atoms in total.